The largest absolute Gasteiger partial charge is 1.00 e. The van der Waals surface area contributed by atoms with Crippen molar-refractivity contribution in [2.75, 3.05) is 0 Å². The predicted molar refractivity (Wildman–Crippen MR) is 301 cm³/mol. The normalized spacial score (nSPS) is 16.6. The molecule has 396 valence electrons. The van der Waals surface area contributed by atoms with Crippen LogP contribution in [0.15, 0.2) is 158 Å². The molecular weight excluding hydrogens is 1120 g/mol. The van der Waals surface area contributed by atoms with Gasteiger partial charge in [-0.1, -0.05) is 73.9 Å². The SMILES string of the molecule is C1CCC([PH+](C2CCCCC2)C2CCCCC2)CC1.CC(C)Oc1ccc(OCc2ccc(-c3ccc([P+](c4ccccc4)(c4ccccc4)c4ccccc4)cc3)cc2)cc1[CH]=[Ru]([Cl])[Cl].FP(F)(F)(F)F.[F-]. The Morgan fingerprint density at radius 2 is 0.918 bits per heavy atom. The standard InChI is InChI=1S/C41H36O2P.C18H33P.2ClH.F5P.FH.Ru/c1-31(2)43-41-28-25-36(29-32(41)3)42-30-33-19-21-34(22-20-33)35-23-26-40(27-24-35)44(37-13-7-4-8-14-37,38-15-9-5-10-16-38)39-17-11-6-12-18-39;1-4-10-16(11-5-1)19(17-12-6-2-7-13-17)18-14-8-3-9-15-18;;;1-6(2,3,4)5;;/h3-29,31H,30H2,1-2H3;16-18H,1-15H2;2*1H;;1H;/q+1;;;;;;+2/p-2. The van der Waals surface area contributed by atoms with Crippen molar-refractivity contribution >= 4 is 68.6 Å². The molecular formula is C59H70Cl2F6O2P3Ru+. The van der Waals surface area contributed by atoms with Gasteiger partial charge in [-0.2, -0.15) is 0 Å². The molecule has 3 aliphatic carbocycles. The van der Waals surface area contributed by atoms with Gasteiger partial charge in [0.05, 0.1) is 17.0 Å². The third-order valence-corrected chi connectivity index (χ3v) is 24.8. The third-order valence-electron chi connectivity index (χ3n) is 14.1. The van der Waals surface area contributed by atoms with Crippen LogP contribution in [0.1, 0.15) is 121 Å². The van der Waals surface area contributed by atoms with Gasteiger partial charge in [0, 0.05) is 7.92 Å². The Morgan fingerprint density at radius 1 is 0.548 bits per heavy atom. The Hall–Kier alpha value is -3.14. The summed E-state index contributed by atoms with van der Waals surface area (Å²) >= 11 is -2.03. The van der Waals surface area contributed by atoms with Crippen LogP contribution in [0, 0.1) is 0 Å². The molecule has 0 saturated heterocycles. The minimum absolute atomic E-state index is 0. The number of rotatable bonds is 14. The molecule has 0 heterocycles. The number of hydrogen-bond acceptors (Lipinski definition) is 2. The van der Waals surface area contributed by atoms with Crippen LogP contribution < -0.4 is 35.4 Å². The van der Waals surface area contributed by atoms with Gasteiger partial charge >= 0.3 is 191 Å². The summed E-state index contributed by atoms with van der Waals surface area (Å²) in [6.45, 7) is 4.44. The van der Waals surface area contributed by atoms with Crippen LogP contribution >= 0.6 is 42.7 Å². The maximum absolute atomic E-state index is 9.84. The molecule has 0 aromatic heterocycles. The monoisotopic (exact) mass is 1190 g/mol. The van der Waals surface area contributed by atoms with Crippen LogP contribution in [0.4, 0.5) is 21.0 Å². The zero-order valence-corrected chi connectivity index (χ0v) is 47.8. The van der Waals surface area contributed by atoms with Crippen LogP contribution in [-0.4, -0.2) is 27.7 Å². The van der Waals surface area contributed by atoms with Crippen LogP contribution in [-0.2, 0) is 20.1 Å². The molecule has 14 heteroatoms. The molecule has 3 fully saturated rings. The van der Waals surface area contributed by atoms with Crippen LogP contribution in [0.5, 0.6) is 11.5 Å². The van der Waals surface area contributed by atoms with Crippen LogP contribution in [0.25, 0.3) is 11.1 Å². The number of hydrogen-bond donors (Lipinski definition) is 0. The second-order valence-corrected chi connectivity index (χ2v) is 33.4. The van der Waals surface area contributed by atoms with E-state index in [9.17, 15) is 21.0 Å². The summed E-state index contributed by atoms with van der Waals surface area (Å²) in [4.78, 5) is 0. The molecule has 3 saturated carbocycles. The van der Waals surface area contributed by atoms with Crippen molar-refractivity contribution in [1.29, 1.82) is 0 Å². The first-order valence-electron chi connectivity index (χ1n) is 25.6. The zero-order chi connectivity index (χ0) is 51.0. The maximum atomic E-state index is 9.84. The molecule has 0 N–H and O–H groups in total. The van der Waals surface area contributed by atoms with E-state index >= 15 is 0 Å². The number of ether oxygens (including phenoxy) is 2. The fourth-order valence-corrected chi connectivity index (χ4v) is 22.4. The van der Waals surface area contributed by atoms with Crippen LogP contribution in [0.3, 0.4) is 0 Å². The average Bonchev–Trinajstić information content (AvgIpc) is 3.38. The number of benzene rings is 6. The molecule has 3 aliphatic rings. The molecule has 0 atom stereocenters. The summed E-state index contributed by atoms with van der Waals surface area (Å²) in [5, 5.41) is 5.35. The van der Waals surface area contributed by atoms with E-state index in [2.05, 4.69) is 140 Å². The Kier molecular flexibility index (Phi) is 22.9. The topological polar surface area (TPSA) is 18.5 Å². The van der Waals surface area contributed by atoms with Gasteiger partial charge in [-0.25, -0.2) is 0 Å². The Morgan fingerprint density at radius 3 is 1.29 bits per heavy atom. The first-order valence-corrected chi connectivity index (χ1v) is 36.3. The van der Waals surface area contributed by atoms with Crippen LogP contribution in [0.2, 0.25) is 0 Å². The van der Waals surface area contributed by atoms with Gasteiger partial charge in [-0.05, 0) is 126 Å². The second-order valence-electron chi connectivity index (χ2n) is 19.5. The van der Waals surface area contributed by atoms with E-state index in [-0.39, 0.29) is 18.7 Å². The van der Waals surface area contributed by atoms with Crippen molar-refractivity contribution in [1.82, 2.24) is 0 Å². The van der Waals surface area contributed by atoms with Gasteiger partial charge in [-0.15, -0.1) is 0 Å². The zero-order valence-electron chi connectivity index (χ0n) is 41.8. The van der Waals surface area contributed by atoms with E-state index in [0.717, 1.165) is 28.2 Å². The van der Waals surface area contributed by atoms with Crippen molar-refractivity contribution in [3.63, 3.8) is 0 Å². The van der Waals surface area contributed by atoms with Gasteiger partial charge in [0.15, 0.2) is 0 Å². The van der Waals surface area contributed by atoms with Gasteiger partial charge < -0.3 is 4.70 Å². The fourth-order valence-electron chi connectivity index (χ4n) is 11.1. The average molecular weight is 1190 g/mol. The Balaban J connectivity index is 0.000000275. The first-order chi connectivity index (χ1) is 34.6. The molecule has 73 heavy (non-hydrogen) atoms. The molecule has 0 unspecified atom stereocenters. The Bertz CT molecular complexity index is 2430. The van der Waals surface area contributed by atoms with Crippen molar-refractivity contribution < 1.29 is 48.7 Å². The maximum Gasteiger partial charge on any atom is -1.00 e. The summed E-state index contributed by atoms with van der Waals surface area (Å²) in [6.07, 6.45) is 23.8. The van der Waals surface area contributed by atoms with Crippen molar-refractivity contribution in [3.05, 3.63) is 169 Å². The van der Waals surface area contributed by atoms with Crippen molar-refractivity contribution in [2.24, 2.45) is 0 Å². The summed E-state index contributed by atoms with van der Waals surface area (Å²) in [5.41, 5.74) is 7.98. The van der Waals surface area contributed by atoms with Crippen molar-refractivity contribution in [2.45, 2.75) is 140 Å². The van der Waals surface area contributed by atoms with E-state index in [0.29, 0.717) is 6.61 Å². The molecule has 0 amide bonds. The minimum atomic E-state index is -8.55. The first kappa shape index (κ1) is 59.1. The Labute approximate surface area is 445 Å². The third kappa shape index (κ3) is 18.0. The van der Waals surface area contributed by atoms with Gasteiger partial charge in [-0.3, -0.25) is 0 Å². The quantitative estimate of drug-likeness (QED) is 0.0615. The van der Waals surface area contributed by atoms with E-state index in [1.54, 1.807) is 96.3 Å². The molecule has 6 aromatic rings. The summed E-state index contributed by atoms with van der Waals surface area (Å²) in [6, 6.07) is 56.4. The molecule has 6 aromatic carbocycles. The number of halogens is 8. The minimum Gasteiger partial charge on any atom is -1.00 e. The predicted octanol–water partition coefficient (Wildman–Crippen LogP) is 15.6. The van der Waals surface area contributed by atoms with E-state index < -0.39 is 28.9 Å². The molecule has 9 rings (SSSR count). The van der Waals surface area contributed by atoms with E-state index in [4.69, 9.17) is 28.9 Å². The molecule has 0 radical (unpaired) electrons. The molecule has 0 aliphatic heterocycles. The van der Waals surface area contributed by atoms with E-state index in [1.165, 1.54) is 43.8 Å². The smallest absolute Gasteiger partial charge is 1.00 e. The fraction of sp³-hybridized carbons (Fsp3) is 0.373. The summed E-state index contributed by atoms with van der Waals surface area (Å²) in [5.74, 6) is 1.51. The van der Waals surface area contributed by atoms with Gasteiger partial charge in [0.2, 0.25) is 0 Å². The molecule has 0 spiro atoms. The molecule has 0 bridgehead atoms. The van der Waals surface area contributed by atoms with Gasteiger partial charge in [0.1, 0.15) is 28.5 Å². The summed E-state index contributed by atoms with van der Waals surface area (Å²) < 4.78 is 63.2. The summed E-state index contributed by atoms with van der Waals surface area (Å²) in [7, 11) is 1.65. The van der Waals surface area contributed by atoms with Gasteiger partial charge in [0.25, 0.3) is 0 Å². The van der Waals surface area contributed by atoms with Crippen molar-refractivity contribution in [3.8, 4) is 22.6 Å². The second kappa shape index (κ2) is 28.3. The molecule has 2 nitrogen and oxygen atoms in total. The van der Waals surface area contributed by atoms with E-state index in [1.807, 2.05) is 36.7 Å².